The predicted octanol–water partition coefficient (Wildman–Crippen LogP) is 4.00. The molecule has 0 bridgehead atoms. The van der Waals surface area contributed by atoms with Crippen LogP contribution >= 0.6 is 0 Å². The van der Waals surface area contributed by atoms with E-state index in [1.54, 1.807) is 30.3 Å². The van der Waals surface area contributed by atoms with E-state index in [2.05, 4.69) is 10.6 Å². The molecule has 4 rings (SSSR count). The molecule has 0 radical (unpaired) electrons. The molecule has 1 aliphatic heterocycles. The SMILES string of the molecule is O=C(/C=C/c1ccccc1)Nc1ccccc1C(=O)NCc1ccc2c(c1)OCO2. The van der Waals surface area contributed by atoms with Gasteiger partial charge in [-0.1, -0.05) is 48.5 Å². The minimum atomic E-state index is -0.310. The van der Waals surface area contributed by atoms with Crippen molar-refractivity contribution in [2.45, 2.75) is 6.54 Å². The van der Waals surface area contributed by atoms with Gasteiger partial charge in [0, 0.05) is 12.6 Å². The highest BCUT2D eigenvalue weighted by atomic mass is 16.7. The first-order valence-corrected chi connectivity index (χ1v) is 9.49. The molecule has 0 fully saturated rings. The Balaban J connectivity index is 1.40. The van der Waals surface area contributed by atoms with Gasteiger partial charge in [-0.2, -0.15) is 0 Å². The molecule has 6 nitrogen and oxygen atoms in total. The third kappa shape index (κ3) is 4.67. The van der Waals surface area contributed by atoms with E-state index >= 15 is 0 Å². The summed E-state index contributed by atoms with van der Waals surface area (Å²) in [6.07, 6.45) is 3.16. The second-order valence-corrected chi connectivity index (χ2v) is 6.65. The number of para-hydroxylation sites is 1. The van der Waals surface area contributed by atoms with Crippen molar-refractivity contribution in [3.05, 3.63) is 95.6 Å². The van der Waals surface area contributed by atoms with Gasteiger partial charge in [0.15, 0.2) is 11.5 Å². The van der Waals surface area contributed by atoms with Crippen LogP contribution in [-0.2, 0) is 11.3 Å². The van der Waals surface area contributed by atoms with Gasteiger partial charge >= 0.3 is 0 Å². The molecule has 150 valence electrons. The van der Waals surface area contributed by atoms with E-state index in [-0.39, 0.29) is 18.6 Å². The van der Waals surface area contributed by atoms with Gasteiger partial charge < -0.3 is 20.1 Å². The molecule has 2 N–H and O–H groups in total. The largest absolute Gasteiger partial charge is 0.454 e. The zero-order valence-electron chi connectivity index (χ0n) is 16.1. The first kappa shape index (κ1) is 19.3. The van der Waals surface area contributed by atoms with Crippen LogP contribution in [0.25, 0.3) is 6.08 Å². The second-order valence-electron chi connectivity index (χ2n) is 6.65. The average Bonchev–Trinajstić information content (AvgIpc) is 3.25. The van der Waals surface area contributed by atoms with Crippen molar-refractivity contribution in [1.29, 1.82) is 0 Å². The Labute approximate surface area is 174 Å². The maximum atomic E-state index is 12.7. The number of nitrogens with one attached hydrogen (secondary N) is 2. The number of carbonyl (C=O) groups is 2. The van der Waals surface area contributed by atoms with Crippen LogP contribution in [0.4, 0.5) is 5.69 Å². The van der Waals surface area contributed by atoms with Crippen LogP contribution in [0.2, 0.25) is 0 Å². The van der Waals surface area contributed by atoms with E-state index in [1.165, 1.54) is 6.08 Å². The minimum Gasteiger partial charge on any atom is -0.454 e. The Morgan fingerprint density at radius 1 is 0.900 bits per heavy atom. The molecular weight excluding hydrogens is 380 g/mol. The van der Waals surface area contributed by atoms with Crippen LogP contribution in [0, 0.1) is 0 Å². The highest BCUT2D eigenvalue weighted by molar-refractivity contribution is 6.07. The van der Waals surface area contributed by atoms with E-state index < -0.39 is 0 Å². The number of rotatable bonds is 6. The van der Waals surface area contributed by atoms with Crippen LogP contribution in [-0.4, -0.2) is 18.6 Å². The fourth-order valence-corrected chi connectivity index (χ4v) is 3.03. The second kappa shape index (κ2) is 8.96. The Morgan fingerprint density at radius 2 is 1.67 bits per heavy atom. The molecule has 30 heavy (non-hydrogen) atoms. The molecule has 0 spiro atoms. The van der Waals surface area contributed by atoms with Crippen LogP contribution in [0.5, 0.6) is 11.5 Å². The van der Waals surface area contributed by atoms with Gasteiger partial charge in [-0.3, -0.25) is 9.59 Å². The van der Waals surface area contributed by atoms with Gasteiger partial charge in [0.1, 0.15) is 0 Å². The summed E-state index contributed by atoms with van der Waals surface area (Å²) in [5.74, 6) is 0.770. The highest BCUT2D eigenvalue weighted by Crippen LogP contribution is 2.32. The van der Waals surface area contributed by atoms with Crippen molar-refractivity contribution < 1.29 is 19.1 Å². The normalized spacial score (nSPS) is 12.0. The van der Waals surface area contributed by atoms with Crippen LogP contribution in [0.15, 0.2) is 78.9 Å². The minimum absolute atomic E-state index is 0.205. The number of amides is 2. The Kier molecular flexibility index (Phi) is 5.75. The quantitative estimate of drug-likeness (QED) is 0.614. The molecule has 0 saturated carbocycles. The molecule has 2 amide bonds. The topological polar surface area (TPSA) is 76.7 Å². The maximum absolute atomic E-state index is 12.7. The molecule has 1 aliphatic rings. The van der Waals surface area contributed by atoms with E-state index in [0.29, 0.717) is 29.3 Å². The Bertz CT molecular complexity index is 1090. The third-order valence-electron chi connectivity index (χ3n) is 4.55. The number of hydrogen-bond acceptors (Lipinski definition) is 4. The molecule has 1 heterocycles. The van der Waals surface area contributed by atoms with Gasteiger partial charge in [-0.05, 0) is 41.5 Å². The molecular formula is C24H20N2O4. The standard InChI is InChI=1S/C24H20N2O4/c27-23(13-11-17-6-2-1-3-7-17)26-20-9-5-4-8-19(20)24(28)25-15-18-10-12-21-22(14-18)30-16-29-21/h1-14H,15-16H2,(H,25,28)(H,26,27)/b13-11+. The summed E-state index contributed by atoms with van der Waals surface area (Å²) in [7, 11) is 0. The van der Waals surface area contributed by atoms with Crippen molar-refractivity contribution in [3.8, 4) is 11.5 Å². The van der Waals surface area contributed by atoms with Crippen molar-refractivity contribution >= 4 is 23.6 Å². The Hall–Kier alpha value is -4.06. The highest BCUT2D eigenvalue weighted by Gasteiger charge is 2.15. The van der Waals surface area contributed by atoms with Crippen molar-refractivity contribution in [2.75, 3.05) is 12.1 Å². The van der Waals surface area contributed by atoms with Crippen molar-refractivity contribution in [2.24, 2.45) is 0 Å². The van der Waals surface area contributed by atoms with Gasteiger partial charge in [0.05, 0.1) is 11.3 Å². The van der Waals surface area contributed by atoms with E-state index in [4.69, 9.17) is 9.47 Å². The zero-order valence-corrected chi connectivity index (χ0v) is 16.1. The molecule has 6 heteroatoms. The molecule has 0 unspecified atom stereocenters. The smallest absolute Gasteiger partial charge is 0.253 e. The summed E-state index contributed by atoms with van der Waals surface area (Å²) in [4.78, 5) is 25.0. The van der Waals surface area contributed by atoms with Crippen LogP contribution in [0.3, 0.4) is 0 Å². The molecule has 3 aromatic rings. The average molecular weight is 400 g/mol. The van der Waals surface area contributed by atoms with Gasteiger partial charge in [0.25, 0.3) is 5.91 Å². The predicted molar refractivity (Wildman–Crippen MR) is 114 cm³/mol. The molecule has 0 saturated heterocycles. The fourth-order valence-electron chi connectivity index (χ4n) is 3.03. The monoisotopic (exact) mass is 400 g/mol. The summed E-state index contributed by atoms with van der Waals surface area (Å²) in [6, 6.07) is 21.9. The lowest BCUT2D eigenvalue weighted by molar-refractivity contribution is -0.111. The van der Waals surface area contributed by atoms with Gasteiger partial charge in [0.2, 0.25) is 12.7 Å². The lowest BCUT2D eigenvalue weighted by Gasteiger charge is -2.11. The molecule has 0 atom stereocenters. The van der Waals surface area contributed by atoms with Crippen molar-refractivity contribution in [1.82, 2.24) is 5.32 Å². The third-order valence-corrected chi connectivity index (χ3v) is 4.55. The zero-order chi connectivity index (χ0) is 20.8. The van der Waals surface area contributed by atoms with Crippen LogP contribution < -0.4 is 20.1 Å². The van der Waals surface area contributed by atoms with E-state index in [1.807, 2.05) is 48.5 Å². The summed E-state index contributed by atoms with van der Waals surface area (Å²) in [5.41, 5.74) is 2.64. The molecule has 0 aliphatic carbocycles. The number of carbonyl (C=O) groups excluding carboxylic acids is 2. The molecule has 3 aromatic carbocycles. The summed E-state index contributed by atoms with van der Waals surface area (Å²) in [5, 5.41) is 5.64. The van der Waals surface area contributed by atoms with Crippen LogP contribution in [0.1, 0.15) is 21.5 Å². The number of fused-ring (bicyclic) bond motifs is 1. The molecule has 0 aromatic heterocycles. The maximum Gasteiger partial charge on any atom is 0.253 e. The lowest BCUT2D eigenvalue weighted by Crippen LogP contribution is -2.24. The lowest BCUT2D eigenvalue weighted by atomic mass is 10.1. The fraction of sp³-hybridized carbons (Fsp3) is 0.0833. The van der Waals surface area contributed by atoms with E-state index in [9.17, 15) is 9.59 Å². The Morgan fingerprint density at radius 3 is 2.53 bits per heavy atom. The first-order valence-electron chi connectivity index (χ1n) is 9.49. The van der Waals surface area contributed by atoms with Crippen molar-refractivity contribution in [3.63, 3.8) is 0 Å². The number of hydrogen-bond donors (Lipinski definition) is 2. The van der Waals surface area contributed by atoms with E-state index in [0.717, 1.165) is 11.1 Å². The number of benzene rings is 3. The number of anilines is 1. The first-order chi connectivity index (χ1) is 14.7. The number of ether oxygens (including phenoxy) is 2. The summed E-state index contributed by atoms with van der Waals surface area (Å²) >= 11 is 0. The summed E-state index contributed by atoms with van der Waals surface area (Å²) in [6.45, 7) is 0.530. The van der Waals surface area contributed by atoms with Gasteiger partial charge in [-0.25, -0.2) is 0 Å². The summed E-state index contributed by atoms with van der Waals surface area (Å²) < 4.78 is 10.7. The van der Waals surface area contributed by atoms with Gasteiger partial charge in [-0.15, -0.1) is 0 Å².